The predicted octanol–water partition coefficient (Wildman–Crippen LogP) is 2.96. The van der Waals surface area contributed by atoms with Crippen LogP contribution in [0.2, 0.25) is 5.02 Å². The van der Waals surface area contributed by atoms with Gasteiger partial charge in [0.05, 0.1) is 9.72 Å². The predicted molar refractivity (Wildman–Crippen MR) is 56.3 cm³/mol. The first kappa shape index (κ1) is 9.43. The van der Waals surface area contributed by atoms with Gasteiger partial charge in [0.25, 0.3) is 0 Å². The Balaban J connectivity index is 2.76. The third-order valence-electron chi connectivity index (χ3n) is 1.78. The molecule has 0 saturated carbocycles. The van der Waals surface area contributed by atoms with E-state index in [1.165, 1.54) is 0 Å². The van der Waals surface area contributed by atoms with E-state index in [1.54, 1.807) is 6.07 Å². The van der Waals surface area contributed by atoms with Crippen molar-refractivity contribution in [2.45, 2.75) is 6.92 Å². The third kappa shape index (κ3) is 1.47. The summed E-state index contributed by atoms with van der Waals surface area (Å²) in [6, 6.07) is 3.65. The maximum Gasteiger partial charge on any atom is 0.365 e. The minimum Gasteiger partial charge on any atom is -0.476 e. The first-order chi connectivity index (χ1) is 6.58. The monoisotopic (exact) mass is 227 g/mol. The van der Waals surface area contributed by atoms with Crippen LogP contribution in [0.4, 0.5) is 0 Å². The Kier molecular flexibility index (Phi) is 2.17. The highest BCUT2D eigenvalue weighted by Gasteiger charge is 2.12. The van der Waals surface area contributed by atoms with Crippen LogP contribution >= 0.6 is 22.9 Å². The molecule has 0 spiro atoms. The molecular formula is C9H6ClNO2S. The normalized spacial score (nSPS) is 10.7. The lowest BCUT2D eigenvalue weighted by Crippen LogP contribution is -1.93. The Hall–Kier alpha value is -1.13. The van der Waals surface area contributed by atoms with Crippen LogP contribution in [0.3, 0.4) is 0 Å². The van der Waals surface area contributed by atoms with E-state index in [4.69, 9.17) is 16.7 Å². The van der Waals surface area contributed by atoms with Crippen molar-refractivity contribution in [1.29, 1.82) is 0 Å². The van der Waals surface area contributed by atoms with Gasteiger partial charge in [-0.1, -0.05) is 11.6 Å². The summed E-state index contributed by atoms with van der Waals surface area (Å²) in [6.45, 7) is 1.91. The molecule has 0 unspecified atom stereocenters. The molecule has 72 valence electrons. The number of rotatable bonds is 1. The minimum absolute atomic E-state index is 0.0764. The van der Waals surface area contributed by atoms with Gasteiger partial charge in [0, 0.05) is 0 Å². The largest absolute Gasteiger partial charge is 0.476 e. The number of aromatic nitrogens is 1. The van der Waals surface area contributed by atoms with Gasteiger partial charge < -0.3 is 5.11 Å². The van der Waals surface area contributed by atoms with Gasteiger partial charge >= 0.3 is 5.97 Å². The molecule has 0 aliphatic heterocycles. The summed E-state index contributed by atoms with van der Waals surface area (Å²) in [4.78, 5) is 14.6. The zero-order chi connectivity index (χ0) is 10.3. The lowest BCUT2D eigenvalue weighted by Gasteiger charge is -1.93. The number of hydrogen-bond acceptors (Lipinski definition) is 3. The number of halogens is 1. The molecule has 0 aliphatic carbocycles. The second-order valence-corrected chi connectivity index (χ2v) is 4.36. The van der Waals surface area contributed by atoms with E-state index >= 15 is 0 Å². The number of carboxylic acids is 1. The van der Waals surface area contributed by atoms with E-state index in [-0.39, 0.29) is 5.01 Å². The van der Waals surface area contributed by atoms with Crippen LogP contribution in [0, 0.1) is 6.92 Å². The van der Waals surface area contributed by atoms with Gasteiger partial charge in [-0.3, -0.25) is 0 Å². The van der Waals surface area contributed by atoms with Gasteiger partial charge in [0.2, 0.25) is 5.01 Å². The van der Waals surface area contributed by atoms with Crippen molar-refractivity contribution in [1.82, 2.24) is 4.98 Å². The average molecular weight is 228 g/mol. The number of thiazole rings is 1. The first-order valence-electron chi connectivity index (χ1n) is 3.88. The summed E-state index contributed by atoms with van der Waals surface area (Å²) in [6.07, 6.45) is 0. The third-order valence-corrected chi connectivity index (χ3v) is 3.05. The SMILES string of the molecule is Cc1cc(Cl)c2nc(C(=O)O)sc2c1. The van der Waals surface area contributed by atoms with E-state index in [1.807, 2.05) is 13.0 Å². The highest BCUT2D eigenvalue weighted by molar-refractivity contribution is 7.20. The molecule has 2 rings (SSSR count). The molecule has 1 aromatic carbocycles. The van der Waals surface area contributed by atoms with E-state index in [9.17, 15) is 4.79 Å². The summed E-state index contributed by atoms with van der Waals surface area (Å²) in [5.41, 5.74) is 1.57. The van der Waals surface area contributed by atoms with Crippen molar-refractivity contribution in [3.8, 4) is 0 Å². The van der Waals surface area contributed by atoms with Gasteiger partial charge in [0.1, 0.15) is 5.52 Å². The number of carbonyl (C=O) groups is 1. The smallest absolute Gasteiger partial charge is 0.365 e. The Bertz CT molecular complexity index is 521. The number of aryl methyl sites for hydroxylation is 1. The van der Waals surface area contributed by atoms with Gasteiger partial charge in [-0.15, -0.1) is 11.3 Å². The number of hydrogen-bond donors (Lipinski definition) is 1. The highest BCUT2D eigenvalue weighted by Crippen LogP contribution is 2.29. The van der Waals surface area contributed by atoms with E-state index < -0.39 is 5.97 Å². The van der Waals surface area contributed by atoms with Crippen LogP contribution in [0.15, 0.2) is 12.1 Å². The summed E-state index contributed by atoms with van der Waals surface area (Å²) >= 11 is 7.07. The van der Waals surface area contributed by atoms with Crippen LogP contribution in [-0.2, 0) is 0 Å². The average Bonchev–Trinajstić information content (AvgIpc) is 2.47. The molecule has 0 fully saturated rings. The van der Waals surface area contributed by atoms with Crippen molar-refractivity contribution < 1.29 is 9.90 Å². The molecule has 0 aliphatic rings. The Labute approximate surface area is 89.0 Å². The summed E-state index contributed by atoms with van der Waals surface area (Å²) in [5, 5.41) is 9.33. The number of carboxylic acid groups (broad SMARTS) is 1. The molecule has 3 nitrogen and oxygen atoms in total. The van der Waals surface area contributed by atoms with Crippen molar-refractivity contribution in [2.24, 2.45) is 0 Å². The number of benzene rings is 1. The molecular weight excluding hydrogens is 222 g/mol. The Morgan fingerprint density at radius 1 is 1.57 bits per heavy atom. The van der Waals surface area contributed by atoms with E-state index in [0.29, 0.717) is 10.5 Å². The van der Waals surface area contributed by atoms with Crippen molar-refractivity contribution in [3.05, 3.63) is 27.7 Å². The van der Waals surface area contributed by atoms with Crippen LogP contribution < -0.4 is 0 Å². The Morgan fingerprint density at radius 3 is 2.93 bits per heavy atom. The molecule has 2 aromatic rings. The number of fused-ring (bicyclic) bond motifs is 1. The van der Waals surface area contributed by atoms with Gasteiger partial charge in [0.15, 0.2) is 0 Å². The van der Waals surface area contributed by atoms with Gasteiger partial charge in [-0.05, 0) is 24.6 Å². The molecule has 0 amide bonds. The quantitative estimate of drug-likeness (QED) is 0.815. The topological polar surface area (TPSA) is 50.2 Å². The van der Waals surface area contributed by atoms with E-state index in [2.05, 4.69) is 4.98 Å². The van der Waals surface area contributed by atoms with Gasteiger partial charge in [-0.25, -0.2) is 9.78 Å². The summed E-state index contributed by atoms with van der Waals surface area (Å²) in [7, 11) is 0. The fourth-order valence-electron chi connectivity index (χ4n) is 1.21. The molecule has 0 bridgehead atoms. The fourth-order valence-corrected chi connectivity index (χ4v) is 2.51. The number of aromatic carboxylic acids is 1. The lowest BCUT2D eigenvalue weighted by atomic mass is 10.2. The zero-order valence-corrected chi connectivity index (χ0v) is 8.82. The minimum atomic E-state index is -1.01. The highest BCUT2D eigenvalue weighted by atomic mass is 35.5. The molecule has 0 radical (unpaired) electrons. The Morgan fingerprint density at radius 2 is 2.29 bits per heavy atom. The van der Waals surface area contributed by atoms with Gasteiger partial charge in [-0.2, -0.15) is 0 Å². The van der Waals surface area contributed by atoms with Crippen molar-refractivity contribution in [2.75, 3.05) is 0 Å². The summed E-state index contributed by atoms with van der Waals surface area (Å²) < 4.78 is 0.812. The maximum absolute atomic E-state index is 10.7. The lowest BCUT2D eigenvalue weighted by molar-refractivity contribution is 0.0696. The molecule has 5 heteroatoms. The van der Waals surface area contributed by atoms with Crippen molar-refractivity contribution >= 4 is 39.1 Å². The van der Waals surface area contributed by atoms with E-state index in [0.717, 1.165) is 21.6 Å². The molecule has 14 heavy (non-hydrogen) atoms. The van der Waals surface area contributed by atoms with Crippen molar-refractivity contribution in [3.63, 3.8) is 0 Å². The first-order valence-corrected chi connectivity index (χ1v) is 5.07. The van der Waals surface area contributed by atoms with Crippen LogP contribution in [0.5, 0.6) is 0 Å². The maximum atomic E-state index is 10.7. The van der Waals surface area contributed by atoms with Crippen LogP contribution in [-0.4, -0.2) is 16.1 Å². The number of nitrogens with zero attached hydrogens (tertiary/aromatic N) is 1. The molecule has 1 N–H and O–H groups in total. The standard InChI is InChI=1S/C9H6ClNO2S/c1-4-2-5(10)7-6(3-4)14-8(11-7)9(12)13/h2-3H,1H3,(H,12,13). The molecule has 1 heterocycles. The molecule has 0 saturated heterocycles. The fraction of sp³-hybridized carbons (Fsp3) is 0.111. The second-order valence-electron chi connectivity index (χ2n) is 2.92. The summed E-state index contributed by atoms with van der Waals surface area (Å²) in [5.74, 6) is -1.01. The second kappa shape index (κ2) is 3.22. The zero-order valence-electron chi connectivity index (χ0n) is 7.24. The molecule has 1 aromatic heterocycles. The molecule has 0 atom stereocenters. The van der Waals surface area contributed by atoms with Crippen LogP contribution in [0.1, 0.15) is 15.4 Å². The van der Waals surface area contributed by atoms with Crippen LogP contribution in [0.25, 0.3) is 10.2 Å².